The Bertz CT molecular complexity index is 688. The van der Waals surface area contributed by atoms with Gasteiger partial charge >= 0.3 is 6.18 Å². The summed E-state index contributed by atoms with van der Waals surface area (Å²) in [7, 11) is 0. The molecule has 0 fully saturated rings. The SMILES string of the molecule is CC(Nc1ccc(C#N)c(C(F)(F)F)c1)c1ccc(Br)o1. The zero-order valence-electron chi connectivity index (χ0n) is 10.8. The molecule has 2 aromatic rings. The Kier molecular flexibility index (Phi) is 4.28. The van der Waals surface area contributed by atoms with Gasteiger partial charge in [-0.1, -0.05) is 0 Å². The third-order valence-corrected chi connectivity index (χ3v) is 3.28. The summed E-state index contributed by atoms with van der Waals surface area (Å²) < 4.78 is 44.5. The van der Waals surface area contributed by atoms with Crippen molar-refractivity contribution in [2.75, 3.05) is 5.32 Å². The molecule has 1 aromatic carbocycles. The maximum absolute atomic E-state index is 12.9. The molecule has 0 aliphatic rings. The second kappa shape index (κ2) is 5.82. The highest BCUT2D eigenvalue weighted by Gasteiger charge is 2.34. The van der Waals surface area contributed by atoms with E-state index >= 15 is 0 Å². The van der Waals surface area contributed by atoms with Crippen molar-refractivity contribution in [3.63, 3.8) is 0 Å². The first kappa shape index (κ1) is 15.4. The molecule has 7 heteroatoms. The van der Waals surface area contributed by atoms with E-state index in [1.165, 1.54) is 6.07 Å². The summed E-state index contributed by atoms with van der Waals surface area (Å²) in [5.41, 5.74) is -1.09. The summed E-state index contributed by atoms with van der Waals surface area (Å²) in [4.78, 5) is 0. The summed E-state index contributed by atoms with van der Waals surface area (Å²) in [5.74, 6) is 0.583. The Hall–Kier alpha value is -1.94. The van der Waals surface area contributed by atoms with E-state index in [1.807, 2.05) is 0 Å². The maximum Gasteiger partial charge on any atom is 0.417 e. The second-order valence-corrected chi connectivity index (χ2v) is 5.16. The highest BCUT2D eigenvalue weighted by atomic mass is 79.9. The quantitative estimate of drug-likeness (QED) is 0.829. The zero-order valence-corrected chi connectivity index (χ0v) is 12.4. The maximum atomic E-state index is 12.9. The van der Waals surface area contributed by atoms with Gasteiger partial charge in [0, 0.05) is 5.69 Å². The molecule has 0 amide bonds. The van der Waals surface area contributed by atoms with Gasteiger partial charge in [0.2, 0.25) is 0 Å². The van der Waals surface area contributed by atoms with E-state index in [0.29, 0.717) is 10.4 Å². The standard InChI is InChI=1S/C14H10BrF3N2O/c1-8(12-4-5-13(15)21-12)20-10-3-2-9(7-19)11(6-10)14(16,17)18/h2-6,8,20H,1H3. The molecule has 0 aliphatic carbocycles. The number of benzene rings is 1. The molecule has 1 atom stereocenters. The fourth-order valence-corrected chi connectivity index (χ4v) is 2.17. The van der Waals surface area contributed by atoms with E-state index in [1.54, 1.807) is 25.1 Å². The Morgan fingerprint density at radius 1 is 1.29 bits per heavy atom. The van der Waals surface area contributed by atoms with Crippen molar-refractivity contribution >= 4 is 21.6 Å². The van der Waals surface area contributed by atoms with Crippen LogP contribution in [-0.4, -0.2) is 0 Å². The Labute approximate surface area is 127 Å². The number of nitrogens with one attached hydrogen (secondary N) is 1. The first-order valence-electron chi connectivity index (χ1n) is 5.94. The molecule has 21 heavy (non-hydrogen) atoms. The summed E-state index contributed by atoms with van der Waals surface area (Å²) in [5, 5.41) is 11.7. The molecule has 0 saturated carbocycles. The number of rotatable bonds is 3. The predicted octanol–water partition coefficient (Wildman–Crippen LogP) is 5.11. The molecule has 2 rings (SSSR count). The highest BCUT2D eigenvalue weighted by molar-refractivity contribution is 9.10. The van der Waals surface area contributed by atoms with Crippen LogP contribution in [0.5, 0.6) is 0 Å². The van der Waals surface area contributed by atoms with Crippen LogP contribution in [0, 0.1) is 11.3 Å². The lowest BCUT2D eigenvalue weighted by molar-refractivity contribution is -0.137. The predicted molar refractivity (Wildman–Crippen MR) is 74.6 cm³/mol. The van der Waals surface area contributed by atoms with Gasteiger partial charge in [-0.15, -0.1) is 0 Å². The van der Waals surface area contributed by atoms with Gasteiger partial charge in [-0.2, -0.15) is 18.4 Å². The van der Waals surface area contributed by atoms with Crippen molar-refractivity contribution in [2.45, 2.75) is 19.1 Å². The molecule has 1 heterocycles. The molecular formula is C14H10BrF3N2O. The highest BCUT2D eigenvalue weighted by Crippen LogP contribution is 2.34. The molecule has 0 bridgehead atoms. The number of nitrogens with zero attached hydrogens (tertiary/aromatic N) is 1. The Morgan fingerprint density at radius 2 is 2.00 bits per heavy atom. The summed E-state index contributed by atoms with van der Waals surface area (Å²) in [6.07, 6.45) is -4.57. The van der Waals surface area contributed by atoms with Crippen molar-refractivity contribution in [1.29, 1.82) is 5.26 Å². The Balaban J connectivity index is 2.27. The fourth-order valence-electron chi connectivity index (χ4n) is 1.85. The molecule has 0 aliphatic heterocycles. The number of anilines is 1. The lowest BCUT2D eigenvalue weighted by Crippen LogP contribution is -2.10. The van der Waals surface area contributed by atoms with Gasteiger partial charge in [0.1, 0.15) is 5.76 Å². The average Bonchev–Trinajstić information content (AvgIpc) is 2.84. The number of halogens is 4. The largest absolute Gasteiger partial charge is 0.452 e. The van der Waals surface area contributed by atoms with Crippen molar-refractivity contribution < 1.29 is 17.6 Å². The van der Waals surface area contributed by atoms with Crippen LogP contribution in [-0.2, 0) is 6.18 Å². The summed E-state index contributed by atoms with van der Waals surface area (Å²) in [6, 6.07) is 8.16. The van der Waals surface area contributed by atoms with Gasteiger partial charge in [-0.05, 0) is 53.2 Å². The van der Waals surface area contributed by atoms with E-state index in [0.717, 1.165) is 12.1 Å². The third-order valence-electron chi connectivity index (χ3n) is 2.85. The molecule has 110 valence electrons. The first-order valence-corrected chi connectivity index (χ1v) is 6.73. The fraction of sp³-hybridized carbons (Fsp3) is 0.214. The van der Waals surface area contributed by atoms with Crippen LogP contribution >= 0.6 is 15.9 Å². The molecule has 1 N–H and O–H groups in total. The third kappa shape index (κ3) is 3.58. The van der Waals surface area contributed by atoms with E-state index in [2.05, 4.69) is 21.2 Å². The normalized spacial score (nSPS) is 12.8. The molecule has 1 aromatic heterocycles. The van der Waals surface area contributed by atoms with Crippen molar-refractivity contribution in [1.82, 2.24) is 0 Å². The zero-order chi connectivity index (χ0) is 15.6. The van der Waals surface area contributed by atoms with Crippen LogP contribution in [0.4, 0.5) is 18.9 Å². The van der Waals surface area contributed by atoms with Crippen LogP contribution in [0.15, 0.2) is 39.4 Å². The minimum atomic E-state index is -4.57. The van der Waals surface area contributed by atoms with Gasteiger partial charge in [-0.25, -0.2) is 0 Å². The first-order chi connectivity index (χ1) is 9.81. The minimum Gasteiger partial charge on any atom is -0.452 e. The van der Waals surface area contributed by atoms with Crippen LogP contribution in [0.2, 0.25) is 0 Å². The van der Waals surface area contributed by atoms with Crippen LogP contribution in [0.25, 0.3) is 0 Å². The van der Waals surface area contributed by atoms with Gasteiger partial charge in [0.05, 0.1) is 23.2 Å². The topological polar surface area (TPSA) is 49.0 Å². The smallest absolute Gasteiger partial charge is 0.417 e. The lowest BCUT2D eigenvalue weighted by atomic mass is 10.1. The second-order valence-electron chi connectivity index (χ2n) is 4.38. The molecule has 0 saturated heterocycles. The van der Waals surface area contributed by atoms with Crippen LogP contribution in [0.1, 0.15) is 29.9 Å². The number of hydrogen-bond donors (Lipinski definition) is 1. The number of alkyl halides is 3. The van der Waals surface area contributed by atoms with Gasteiger partial charge in [0.25, 0.3) is 0 Å². The van der Waals surface area contributed by atoms with Gasteiger partial charge in [0.15, 0.2) is 4.67 Å². The van der Waals surface area contributed by atoms with Crippen molar-refractivity contribution in [3.05, 3.63) is 51.9 Å². The molecule has 0 spiro atoms. The lowest BCUT2D eigenvalue weighted by Gasteiger charge is -2.15. The van der Waals surface area contributed by atoms with Crippen LogP contribution in [0.3, 0.4) is 0 Å². The van der Waals surface area contributed by atoms with E-state index in [4.69, 9.17) is 9.68 Å². The number of hydrogen-bond acceptors (Lipinski definition) is 3. The monoisotopic (exact) mass is 358 g/mol. The Morgan fingerprint density at radius 3 is 2.52 bits per heavy atom. The minimum absolute atomic E-state index is 0.265. The van der Waals surface area contributed by atoms with E-state index in [9.17, 15) is 13.2 Å². The van der Waals surface area contributed by atoms with Crippen molar-refractivity contribution in [3.8, 4) is 6.07 Å². The van der Waals surface area contributed by atoms with Crippen molar-refractivity contribution in [2.24, 2.45) is 0 Å². The van der Waals surface area contributed by atoms with Gasteiger partial charge in [-0.3, -0.25) is 0 Å². The average molecular weight is 359 g/mol. The summed E-state index contributed by atoms with van der Waals surface area (Å²) >= 11 is 3.16. The van der Waals surface area contributed by atoms with Gasteiger partial charge < -0.3 is 9.73 Å². The van der Waals surface area contributed by atoms with E-state index in [-0.39, 0.29) is 11.7 Å². The van der Waals surface area contributed by atoms with Crippen LogP contribution < -0.4 is 5.32 Å². The molecule has 3 nitrogen and oxygen atoms in total. The molecular weight excluding hydrogens is 349 g/mol. The van der Waals surface area contributed by atoms with E-state index < -0.39 is 17.3 Å². The summed E-state index contributed by atoms with van der Waals surface area (Å²) in [6.45, 7) is 1.76. The number of nitriles is 1. The molecule has 0 radical (unpaired) electrons. The number of furan rings is 1. The molecule has 1 unspecified atom stereocenters.